The van der Waals surface area contributed by atoms with Gasteiger partial charge in [-0.05, 0) is 29.9 Å². The Kier molecular flexibility index (Phi) is 5.44. The van der Waals surface area contributed by atoms with Crippen molar-refractivity contribution in [2.75, 3.05) is 0 Å². The fourth-order valence-electron chi connectivity index (χ4n) is 2.07. The van der Waals surface area contributed by atoms with Crippen molar-refractivity contribution in [1.29, 1.82) is 0 Å². The third-order valence-corrected chi connectivity index (χ3v) is 4.50. The average molecular weight is 333 g/mol. The molecule has 1 aromatic heterocycles. The summed E-state index contributed by atoms with van der Waals surface area (Å²) in [7, 11) is -1.68. The molecule has 1 atom stereocenters. The second-order valence-electron chi connectivity index (χ2n) is 5.64. The summed E-state index contributed by atoms with van der Waals surface area (Å²) in [5.41, 5.74) is 5.35. The molecule has 7 heteroatoms. The monoisotopic (exact) mass is 333 g/mol. The van der Waals surface area contributed by atoms with E-state index in [0.717, 1.165) is 6.42 Å². The van der Waals surface area contributed by atoms with Crippen molar-refractivity contribution in [2.45, 2.75) is 31.6 Å². The first-order valence-corrected chi connectivity index (χ1v) is 8.43. The van der Waals surface area contributed by atoms with Gasteiger partial charge in [0, 0.05) is 18.0 Å². The molecule has 0 aliphatic rings. The van der Waals surface area contributed by atoms with Crippen LogP contribution in [0, 0.1) is 5.92 Å². The predicted molar refractivity (Wildman–Crippen MR) is 88.9 cm³/mol. The topological polar surface area (TPSA) is 102 Å². The number of amides is 2. The van der Waals surface area contributed by atoms with Crippen LogP contribution in [0.15, 0.2) is 35.4 Å². The number of aromatic nitrogens is 1. The molecule has 1 aromatic carbocycles. The number of pyridine rings is 1. The van der Waals surface area contributed by atoms with Crippen molar-refractivity contribution in [3.05, 3.63) is 36.2 Å². The summed E-state index contributed by atoms with van der Waals surface area (Å²) in [6, 6.07) is 6.68. The molecule has 0 bridgehead atoms. The maximum atomic E-state index is 12.4. The summed E-state index contributed by atoms with van der Waals surface area (Å²) in [4.78, 5) is 27.4. The van der Waals surface area contributed by atoms with E-state index in [1.165, 1.54) is 6.20 Å². The van der Waals surface area contributed by atoms with Gasteiger partial charge in [-0.1, -0.05) is 26.0 Å². The average Bonchev–Trinajstić information content (AvgIpc) is 2.51. The number of hydrogen-bond donors (Lipinski definition) is 2. The summed E-state index contributed by atoms with van der Waals surface area (Å²) in [6.07, 6.45) is 2.52. The van der Waals surface area contributed by atoms with Crippen LogP contribution in [0.5, 0.6) is 0 Å². The Bertz CT molecular complexity index is 774. The van der Waals surface area contributed by atoms with Gasteiger partial charge < -0.3 is 5.73 Å². The lowest BCUT2D eigenvalue weighted by molar-refractivity contribution is -0.119. The number of benzene rings is 1. The lowest BCUT2D eigenvalue weighted by Crippen LogP contribution is -2.26. The van der Waals surface area contributed by atoms with Crippen LogP contribution in [0.1, 0.15) is 37.2 Å². The lowest BCUT2D eigenvalue weighted by Gasteiger charge is -2.09. The number of nitrogens with zero attached hydrogens (tertiary/aromatic N) is 1. The number of carbonyl (C=O) groups is 2. The predicted octanol–water partition coefficient (Wildman–Crippen LogP) is 1.91. The van der Waals surface area contributed by atoms with Gasteiger partial charge in [-0.15, -0.1) is 0 Å². The molecule has 0 saturated heterocycles. The number of fused-ring (bicyclic) bond motifs is 1. The molecule has 3 N–H and O–H groups in total. The van der Waals surface area contributed by atoms with Gasteiger partial charge in [0.1, 0.15) is 5.69 Å². The molecule has 2 aromatic rings. The minimum Gasteiger partial charge on any atom is -0.364 e. The second-order valence-corrected chi connectivity index (χ2v) is 6.82. The number of hydrogen-bond acceptors (Lipinski definition) is 4. The van der Waals surface area contributed by atoms with E-state index in [4.69, 9.17) is 5.73 Å². The lowest BCUT2D eigenvalue weighted by atomic mass is 10.1. The van der Waals surface area contributed by atoms with Crippen molar-refractivity contribution in [1.82, 2.24) is 9.71 Å². The minimum atomic E-state index is -1.68. The third-order valence-electron chi connectivity index (χ3n) is 3.33. The number of rotatable bonds is 6. The molecular weight excluding hydrogens is 314 g/mol. The van der Waals surface area contributed by atoms with Gasteiger partial charge in [0.05, 0.1) is 4.90 Å². The van der Waals surface area contributed by atoms with Crippen LogP contribution in [0.2, 0.25) is 0 Å². The Balaban J connectivity index is 2.23. The summed E-state index contributed by atoms with van der Waals surface area (Å²) in [5.74, 6) is -0.473. The third kappa shape index (κ3) is 4.35. The fraction of sp³-hybridized carbons (Fsp3) is 0.312. The molecule has 0 fully saturated rings. The van der Waals surface area contributed by atoms with Crippen LogP contribution in [0.25, 0.3) is 10.8 Å². The Labute approximate surface area is 137 Å². The summed E-state index contributed by atoms with van der Waals surface area (Å²) in [5, 5.41) is 1.30. The van der Waals surface area contributed by atoms with E-state index in [0.29, 0.717) is 28.0 Å². The van der Waals surface area contributed by atoms with E-state index in [-0.39, 0.29) is 11.6 Å². The Morgan fingerprint density at radius 3 is 2.74 bits per heavy atom. The Morgan fingerprint density at radius 1 is 1.35 bits per heavy atom. The molecule has 0 spiro atoms. The van der Waals surface area contributed by atoms with Crippen LogP contribution in [-0.2, 0) is 15.8 Å². The Morgan fingerprint density at radius 2 is 2.09 bits per heavy atom. The zero-order valence-corrected chi connectivity index (χ0v) is 13.9. The number of nitrogens with two attached hydrogens (primary N) is 1. The van der Waals surface area contributed by atoms with E-state index in [9.17, 15) is 13.8 Å². The summed E-state index contributed by atoms with van der Waals surface area (Å²) < 4.78 is 14.9. The van der Waals surface area contributed by atoms with E-state index in [1.54, 1.807) is 24.3 Å². The first-order valence-electron chi connectivity index (χ1n) is 7.28. The molecule has 23 heavy (non-hydrogen) atoms. The fourth-order valence-corrected chi connectivity index (χ4v) is 3.06. The van der Waals surface area contributed by atoms with Gasteiger partial charge in [0.15, 0.2) is 11.0 Å². The smallest absolute Gasteiger partial charge is 0.267 e. The van der Waals surface area contributed by atoms with Gasteiger partial charge >= 0.3 is 0 Å². The van der Waals surface area contributed by atoms with Crippen molar-refractivity contribution in [2.24, 2.45) is 11.7 Å². The van der Waals surface area contributed by atoms with Crippen molar-refractivity contribution < 1.29 is 13.8 Å². The number of carbonyl (C=O) groups excluding carboxylic acids is 2. The van der Waals surface area contributed by atoms with E-state index < -0.39 is 16.9 Å². The SMILES string of the molecule is CC(C)CCC(=O)NS(=O)c1cccc2cc(C(N)=O)ncc12. The quantitative estimate of drug-likeness (QED) is 0.843. The van der Waals surface area contributed by atoms with Gasteiger partial charge in [-0.2, -0.15) is 0 Å². The number of nitrogens with one attached hydrogen (secondary N) is 1. The van der Waals surface area contributed by atoms with Crippen LogP contribution in [0.3, 0.4) is 0 Å². The molecule has 122 valence electrons. The first-order chi connectivity index (χ1) is 10.9. The molecule has 0 saturated carbocycles. The molecule has 2 amide bonds. The zero-order chi connectivity index (χ0) is 17.0. The molecule has 2 rings (SSSR count). The molecular formula is C16H19N3O3S. The van der Waals surface area contributed by atoms with Gasteiger partial charge in [-0.25, -0.2) is 4.21 Å². The van der Waals surface area contributed by atoms with Crippen molar-refractivity contribution >= 4 is 33.6 Å². The standard InChI is InChI=1S/C16H19N3O3S/c1-10(2)6-7-15(20)19-23(22)14-5-3-4-11-8-13(16(17)21)18-9-12(11)14/h3-5,8-10H,6-7H2,1-2H3,(H2,17,21)(H,19,20). The highest BCUT2D eigenvalue weighted by atomic mass is 32.2. The molecule has 0 radical (unpaired) electrons. The maximum absolute atomic E-state index is 12.4. The first kappa shape index (κ1) is 17.1. The summed E-state index contributed by atoms with van der Waals surface area (Å²) >= 11 is 0. The molecule has 6 nitrogen and oxygen atoms in total. The molecule has 1 heterocycles. The highest BCUT2D eigenvalue weighted by Crippen LogP contribution is 2.21. The van der Waals surface area contributed by atoms with Crippen molar-refractivity contribution in [3.63, 3.8) is 0 Å². The normalized spacial score (nSPS) is 12.3. The van der Waals surface area contributed by atoms with Crippen molar-refractivity contribution in [3.8, 4) is 0 Å². The second kappa shape index (κ2) is 7.32. The van der Waals surface area contributed by atoms with E-state index in [1.807, 2.05) is 13.8 Å². The number of primary amides is 1. The van der Waals surface area contributed by atoms with Crippen LogP contribution in [-0.4, -0.2) is 21.0 Å². The van der Waals surface area contributed by atoms with Gasteiger partial charge in [-0.3, -0.25) is 19.3 Å². The molecule has 0 aliphatic heterocycles. The largest absolute Gasteiger partial charge is 0.364 e. The highest BCUT2D eigenvalue weighted by Gasteiger charge is 2.13. The highest BCUT2D eigenvalue weighted by molar-refractivity contribution is 7.83. The summed E-state index contributed by atoms with van der Waals surface area (Å²) in [6.45, 7) is 4.05. The van der Waals surface area contributed by atoms with Gasteiger partial charge in [0.2, 0.25) is 5.91 Å². The molecule has 1 unspecified atom stereocenters. The Hall–Kier alpha value is -2.28. The zero-order valence-electron chi connectivity index (χ0n) is 13.0. The van der Waals surface area contributed by atoms with E-state index in [2.05, 4.69) is 9.71 Å². The molecule has 0 aliphatic carbocycles. The van der Waals surface area contributed by atoms with Gasteiger partial charge in [0.25, 0.3) is 5.91 Å². The maximum Gasteiger partial charge on any atom is 0.267 e. The van der Waals surface area contributed by atoms with Crippen LogP contribution in [0.4, 0.5) is 0 Å². The van der Waals surface area contributed by atoms with Crippen LogP contribution >= 0.6 is 0 Å². The van der Waals surface area contributed by atoms with E-state index >= 15 is 0 Å². The van der Waals surface area contributed by atoms with Crippen LogP contribution < -0.4 is 10.5 Å². The minimum absolute atomic E-state index is 0.140.